The summed E-state index contributed by atoms with van der Waals surface area (Å²) in [7, 11) is 1.32. The average Bonchev–Trinajstić information content (AvgIpc) is 3.46. The summed E-state index contributed by atoms with van der Waals surface area (Å²) < 4.78 is 16.2. The van der Waals surface area contributed by atoms with Crippen LogP contribution in [0.25, 0.3) is 0 Å². The van der Waals surface area contributed by atoms with E-state index in [1.807, 2.05) is 33.8 Å². The van der Waals surface area contributed by atoms with Gasteiger partial charge >= 0.3 is 11.9 Å². The maximum absolute atomic E-state index is 13.0. The molecule has 0 spiro atoms. The van der Waals surface area contributed by atoms with E-state index < -0.39 is 52.2 Å². The van der Waals surface area contributed by atoms with E-state index in [1.54, 1.807) is 24.7 Å². The van der Waals surface area contributed by atoms with Crippen LogP contribution in [0.2, 0.25) is 0 Å². The van der Waals surface area contributed by atoms with Gasteiger partial charge in [0, 0.05) is 35.0 Å². The molecule has 0 bridgehead atoms. The van der Waals surface area contributed by atoms with Crippen molar-refractivity contribution in [2.45, 2.75) is 65.6 Å². The highest BCUT2D eigenvalue weighted by Crippen LogP contribution is 2.64. The summed E-state index contributed by atoms with van der Waals surface area (Å²) >= 11 is 0. The predicted octanol–water partition coefficient (Wildman–Crippen LogP) is 4.53. The van der Waals surface area contributed by atoms with Gasteiger partial charge < -0.3 is 19.0 Å². The van der Waals surface area contributed by atoms with Gasteiger partial charge in [0.15, 0.2) is 5.78 Å². The standard InChI is InChI=1S/C29H36O7/c1-16-19-8-9-20(18-11-13-35-15-18)29(19,6)26(33)25(36-17(2)30)24(16)28(5)12-10-22(31)27(3,4)21(28)14-23(32)34-7/h8,10-13,15,20-21,24-26,33H,1,9,14H2,2-7H3/t20-,21-,24+,25-,26-,28-,29+/m0/s1. The molecule has 7 atom stereocenters. The summed E-state index contributed by atoms with van der Waals surface area (Å²) in [5.41, 5.74) is 0.0980. The molecular weight excluding hydrogens is 460 g/mol. The van der Waals surface area contributed by atoms with E-state index in [2.05, 4.69) is 12.7 Å². The highest BCUT2D eigenvalue weighted by atomic mass is 16.6. The number of ketones is 1. The van der Waals surface area contributed by atoms with Gasteiger partial charge in [-0.05, 0) is 41.2 Å². The number of hydrogen-bond donors (Lipinski definition) is 1. The second kappa shape index (κ2) is 8.87. The van der Waals surface area contributed by atoms with Crippen LogP contribution in [-0.4, -0.2) is 42.1 Å². The Bertz CT molecular complexity index is 1140. The second-order valence-corrected chi connectivity index (χ2v) is 11.4. The molecule has 1 heterocycles. The van der Waals surface area contributed by atoms with Crippen LogP contribution in [0.1, 0.15) is 58.9 Å². The molecule has 0 saturated heterocycles. The van der Waals surface area contributed by atoms with E-state index in [1.165, 1.54) is 14.0 Å². The fourth-order valence-electron chi connectivity index (χ4n) is 7.21. The van der Waals surface area contributed by atoms with Gasteiger partial charge in [-0.1, -0.05) is 46.4 Å². The third-order valence-corrected chi connectivity index (χ3v) is 9.20. The number of rotatable bonds is 5. The van der Waals surface area contributed by atoms with E-state index in [-0.39, 0.29) is 18.1 Å². The van der Waals surface area contributed by atoms with Crippen molar-refractivity contribution in [1.29, 1.82) is 0 Å². The van der Waals surface area contributed by atoms with Gasteiger partial charge in [0.05, 0.1) is 26.1 Å². The van der Waals surface area contributed by atoms with Crippen LogP contribution in [0.15, 0.2) is 59.0 Å². The van der Waals surface area contributed by atoms with Gasteiger partial charge in [0.1, 0.15) is 12.2 Å². The Morgan fingerprint density at radius 1 is 1.25 bits per heavy atom. The van der Waals surface area contributed by atoms with Crippen molar-refractivity contribution >= 4 is 17.7 Å². The maximum atomic E-state index is 13.0. The summed E-state index contributed by atoms with van der Waals surface area (Å²) in [4.78, 5) is 37.8. The molecule has 0 aliphatic heterocycles. The quantitative estimate of drug-likeness (QED) is 0.598. The number of furan rings is 1. The first-order valence-electron chi connectivity index (χ1n) is 12.4. The summed E-state index contributed by atoms with van der Waals surface area (Å²) in [6.07, 6.45) is 7.40. The van der Waals surface area contributed by atoms with E-state index in [4.69, 9.17) is 13.9 Å². The normalized spacial score (nSPS) is 37.3. The van der Waals surface area contributed by atoms with Gasteiger partial charge in [0.2, 0.25) is 0 Å². The molecule has 36 heavy (non-hydrogen) atoms. The summed E-state index contributed by atoms with van der Waals surface area (Å²) in [5.74, 6) is -2.19. The smallest absolute Gasteiger partial charge is 0.305 e. The molecule has 1 saturated carbocycles. The molecule has 0 radical (unpaired) electrons. The van der Waals surface area contributed by atoms with Crippen molar-refractivity contribution in [3.05, 3.63) is 60.1 Å². The van der Waals surface area contributed by atoms with E-state index in [0.29, 0.717) is 6.42 Å². The Hall–Kier alpha value is -2.93. The highest BCUT2D eigenvalue weighted by Gasteiger charge is 2.64. The van der Waals surface area contributed by atoms with Gasteiger partial charge in [-0.3, -0.25) is 14.4 Å². The molecule has 194 valence electrons. The minimum Gasteiger partial charge on any atom is -0.472 e. The van der Waals surface area contributed by atoms with Crippen LogP contribution in [0.3, 0.4) is 0 Å². The Balaban J connectivity index is 1.87. The van der Waals surface area contributed by atoms with Crippen molar-refractivity contribution in [2.75, 3.05) is 7.11 Å². The molecule has 7 heteroatoms. The zero-order valence-electron chi connectivity index (χ0n) is 21.9. The fourth-order valence-corrected chi connectivity index (χ4v) is 7.21. The Kier molecular flexibility index (Phi) is 6.44. The SMILES string of the molecule is C=C1C2=CC[C@@H](c3ccoc3)[C@]2(C)[C@@H](O)[C@@H](OC(C)=O)[C@@H]1[C@@]1(C)C=CC(=O)C(C)(C)[C@@H]1CC(=O)OC. The highest BCUT2D eigenvalue weighted by molar-refractivity contribution is 5.96. The van der Waals surface area contributed by atoms with Crippen LogP contribution < -0.4 is 0 Å². The number of allylic oxidation sites excluding steroid dienone is 3. The largest absolute Gasteiger partial charge is 0.472 e. The molecule has 1 aromatic rings. The van der Waals surface area contributed by atoms with E-state index in [9.17, 15) is 19.5 Å². The topological polar surface area (TPSA) is 103 Å². The zero-order valence-corrected chi connectivity index (χ0v) is 21.9. The molecular formula is C29H36O7. The molecule has 1 fully saturated rings. The first-order chi connectivity index (χ1) is 16.8. The Labute approximate surface area is 212 Å². The van der Waals surface area contributed by atoms with Crippen molar-refractivity contribution in [3.63, 3.8) is 0 Å². The number of carbonyl (C=O) groups excluding carboxylic acids is 3. The minimum atomic E-state index is -1.06. The third-order valence-electron chi connectivity index (χ3n) is 9.20. The maximum Gasteiger partial charge on any atom is 0.305 e. The molecule has 4 rings (SSSR count). The number of aliphatic hydroxyl groups excluding tert-OH is 1. The first-order valence-corrected chi connectivity index (χ1v) is 12.4. The Morgan fingerprint density at radius 3 is 2.53 bits per heavy atom. The van der Waals surface area contributed by atoms with Crippen LogP contribution in [0.5, 0.6) is 0 Å². The lowest BCUT2D eigenvalue weighted by molar-refractivity contribution is -0.175. The van der Waals surface area contributed by atoms with Crippen LogP contribution in [-0.2, 0) is 23.9 Å². The zero-order chi connectivity index (χ0) is 26.6. The number of methoxy groups -OCH3 is 1. The molecule has 7 nitrogen and oxygen atoms in total. The molecule has 0 amide bonds. The number of carbonyl (C=O) groups is 3. The fraction of sp³-hybridized carbons (Fsp3) is 0.552. The van der Waals surface area contributed by atoms with E-state index in [0.717, 1.165) is 16.7 Å². The van der Waals surface area contributed by atoms with Gasteiger partial charge in [-0.15, -0.1) is 0 Å². The van der Waals surface area contributed by atoms with Gasteiger partial charge in [0.25, 0.3) is 0 Å². The molecule has 0 aromatic carbocycles. The lowest BCUT2D eigenvalue weighted by Crippen LogP contribution is -2.60. The summed E-state index contributed by atoms with van der Waals surface area (Å²) in [6.45, 7) is 13.4. The van der Waals surface area contributed by atoms with Crippen molar-refractivity contribution in [2.24, 2.45) is 28.1 Å². The predicted molar refractivity (Wildman–Crippen MR) is 133 cm³/mol. The third kappa shape index (κ3) is 3.71. The number of esters is 2. The van der Waals surface area contributed by atoms with Crippen molar-refractivity contribution in [3.8, 4) is 0 Å². The minimum absolute atomic E-state index is 0.00327. The summed E-state index contributed by atoms with van der Waals surface area (Å²) in [6, 6.07) is 1.89. The first kappa shape index (κ1) is 26.1. The lowest BCUT2D eigenvalue weighted by atomic mass is 9.47. The number of aliphatic hydroxyl groups is 1. The molecule has 0 unspecified atom stereocenters. The molecule has 1 N–H and O–H groups in total. The average molecular weight is 497 g/mol. The number of ether oxygens (including phenoxy) is 2. The lowest BCUT2D eigenvalue weighted by Gasteiger charge is -2.57. The van der Waals surface area contributed by atoms with Gasteiger partial charge in [-0.2, -0.15) is 0 Å². The monoisotopic (exact) mass is 496 g/mol. The number of fused-ring (bicyclic) bond motifs is 1. The van der Waals surface area contributed by atoms with Crippen LogP contribution in [0, 0.1) is 28.1 Å². The Morgan fingerprint density at radius 2 is 1.94 bits per heavy atom. The summed E-state index contributed by atoms with van der Waals surface area (Å²) in [5, 5.41) is 12.0. The van der Waals surface area contributed by atoms with Crippen molar-refractivity contribution in [1.82, 2.24) is 0 Å². The second-order valence-electron chi connectivity index (χ2n) is 11.4. The van der Waals surface area contributed by atoms with Gasteiger partial charge in [-0.25, -0.2) is 0 Å². The molecule has 3 aliphatic rings. The number of hydrogen-bond acceptors (Lipinski definition) is 7. The van der Waals surface area contributed by atoms with Crippen molar-refractivity contribution < 1.29 is 33.4 Å². The van der Waals surface area contributed by atoms with Crippen LogP contribution >= 0.6 is 0 Å². The van der Waals surface area contributed by atoms with Crippen LogP contribution in [0.4, 0.5) is 0 Å². The van der Waals surface area contributed by atoms with E-state index >= 15 is 0 Å². The molecule has 3 aliphatic carbocycles. The molecule has 1 aromatic heterocycles.